The number of aromatic hydroxyl groups is 1. The summed E-state index contributed by atoms with van der Waals surface area (Å²) in [4.78, 5) is 26.4. The molecule has 4 aromatic rings. The van der Waals surface area contributed by atoms with E-state index in [4.69, 9.17) is 5.14 Å². The van der Waals surface area contributed by atoms with E-state index in [0.717, 1.165) is 23.1 Å². The highest BCUT2D eigenvalue weighted by Gasteiger charge is 2.26. The van der Waals surface area contributed by atoms with E-state index in [1.807, 2.05) is 0 Å². The van der Waals surface area contributed by atoms with Gasteiger partial charge in [0.1, 0.15) is 16.4 Å². The van der Waals surface area contributed by atoms with Crippen molar-refractivity contribution in [1.82, 2.24) is 9.78 Å². The van der Waals surface area contributed by atoms with Crippen LogP contribution in [0, 0.1) is 5.82 Å². The van der Waals surface area contributed by atoms with Crippen molar-refractivity contribution in [2.24, 2.45) is 5.14 Å². The molecule has 0 unspecified atom stereocenters. The van der Waals surface area contributed by atoms with Crippen LogP contribution in [0.5, 0.6) is 5.75 Å². The Bertz CT molecular complexity index is 1840. The summed E-state index contributed by atoms with van der Waals surface area (Å²) in [6.45, 7) is -0.174. The SMILES string of the molecule is CS(=O)(=O)Nc1ccc(NC(=O)c2c(O)c(-c3cccs3)nn(Cc3ccc(F)cc3)c2=O)c(S(N)(=O)=O)c1. The molecule has 2 aromatic carbocycles. The molecule has 1 amide bonds. The highest BCUT2D eigenvalue weighted by Crippen LogP contribution is 2.33. The van der Waals surface area contributed by atoms with Gasteiger partial charge < -0.3 is 10.4 Å². The molecule has 0 aliphatic heterocycles. The Hall–Kier alpha value is -4.12. The molecule has 5 N–H and O–H groups in total. The van der Waals surface area contributed by atoms with E-state index in [1.165, 1.54) is 41.7 Å². The maximum Gasteiger partial charge on any atom is 0.283 e. The zero-order valence-corrected chi connectivity index (χ0v) is 22.4. The molecule has 39 heavy (non-hydrogen) atoms. The highest BCUT2D eigenvalue weighted by atomic mass is 32.2. The number of carbonyl (C=O) groups excluding carboxylic acids is 1. The second-order valence-corrected chi connectivity index (χ2v) is 12.4. The lowest BCUT2D eigenvalue weighted by atomic mass is 10.1. The van der Waals surface area contributed by atoms with Crippen LogP contribution in [-0.2, 0) is 26.6 Å². The lowest BCUT2D eigenvalue weighted by Gasteiger charge is -2.15. The predicted octanol–water partition coefficient (Wildman–Crippen LogP) is 2.14. The van der Waals surface area contributed by atoms with E-state index in [9.17, 15) is 35.9 Å². The van der Waals surface area contributed by atoms with Gasteiger partial charge in [-0.2, -0.15) is 5.10 Å². The van der Waals surface area contributed by atoms with Crippen molar-refractivity contribution in [1.29, 1.82) is 0 Å². The normalized spacial score (nSPS) is 11.8. The third-order valence-corrected chi connectivity index (χ3v) is 7.63. The minimum atomic E-state index is -4.49. The number of anilines is 2. The number of hydrogen-bond acceptors (Lipinski definition) is 9. The standard InChI is InChI=1S/C23H20FN5O7S3/c1-38(33,34)28-15-8-9-16(18(11-15)39(25,35)36)26-22(31)19-21(30)20(17-3-2-10-37-17)27-29(23(19)32)12-13-4-6-14(24)7-5-13/h2-11,28,30H,12H2,1H3,(H,26,31)(H2,25,35,36). The van der Waals surface area contributed by atoms with Crippen LogP contribution in [0.1, 0.15) is 15.9 Å². The molecule has 0 saturated carbocycles. The summed E-state index contributed by atoms with van der Waals surface area (Å²) < 4.78 is 63.9. The van der Waals surface area contributed by atoms with Gasteiger partial charge >= 0.3 is 0 Å². The number of carbonyl (C=O) groups is 1. The van der Waals surface area contributed by atoms with Gasteiger partial charge in [-0.05, 0) is 47.3 Å². The first kappa shape index (κ1) is 27.9. The van der Waals surface area contributed by atoms with Crippen LogP contribution in [0.15, 0.2) is 69.7 Å². The number of amides is 1. The Balaban J connectivity index is 1.81. The first-order valence-corrected chi connectivity index (χ1v) is 15.1. The fraction of sp³-hybridized carbons (Fsp3) is 0.0870. The Kier molecular flexibility index (Phi) is 7.56. The summed E-state index contributed by atoms with van der Waals surface area (Å²) in [5.41, 5.74) is -1.88. The van der Waals surface area contributed by atoms with Crippen LogP contribution in [0.2, 0.25) is 0 Å². The molecule has 0 spiro atoms. The van der Waals surface area contributed by atoms with Gasteiger partial charge in [-0.25, -0.2) is 31.0 Å². The van der Waals surface area contributed by atoms with Gasteiger partial charge in [0.25, 0.3) is 11.5 Å². The van der Waals surface area contributed by atoms with Crippen molar-refractivity contribution >= 4 is 48.7 Å². The molecule has 204 valence electrons. The summed E-state index contributed by atoms with van der Waals surface area (Å²) in [5, 5.41) is 24.3. The van der Waals surface area contributed by atoms with E-state index < -0.39 is 53.5 Å². The average Bonchev–Trinajstić information content (AvgIpc) is 3.36. The summed E-state index contributed by atoms with van der Waals surface area (Å²) in [6.07, 6.45) is 0.855. The second kappa shape index (κ2) is 10.6. The summed E-state index contributed by atoms with van der Waals surface area (Å²) in [5.74, 6) is -2.42. The summed E-state index contributed by atoms with van der Waals surface area (Å²) in [7, 11) is -8.26. The summed E-state index contributed by atoms with van der Waals surface area (Å²) >= 11 is 1.18. The zero-order chi connectivity index (χ0) is 28.5. The topological polar surface area (TPSA) is 191 Å². The molecule has 0 aliphatic rings. The number of halogens is 1. The van der Waals surface area contributed by atoms with Crippen LogP contribution in [0.3, 0.4) is 0 Å². The lowest BCUT2D eigenvalue weighted by Crippen LogP contribution is -2.32. The molecule has 12 nitrogen and oxygen atoms in total. The molecule has 0 atom stereocenters. The van der Waals surface area contributed by atoms with Crippen molar-refractivity contribution in [2.45, 2.75) is 11.4 Å². The maximum absolute atomic E-state index is 13.4. The third-order valence-electron chi connectivity index (χ3n) is 5.20. The van der Waals surface area contributed by atoms with Crippen molar-refractivity contribution in [3.05, 3.63) is 87.3 Å². The van der Waals surface area contributed by atoms with Crippen LogP contribution in [-0.4, -0.2) is 43.9 Å². The maximum atomic E-state index is 13.4. The molecule has 0 fully saturated rings. The van der Waals surface area contributed by atoms with Gasteiger partial charge in [0.05, 0.1) is 23.4 Å². The van der Waals surface area contributed by atoms with Crippen LogP contribution in [0.4, 0.5) is 15.8 Å². The highest BCUT2D eigenvalue weighted by molar-refractivity contribution is 7.92. The van der Waals surface area contributed by atoms with E-state index in [-0.39, 0.29) is 23.6 Å². The minimum Gasteiger partial charge on any atom is -0.505 e. The Morgan fingerprint density at radius 2 is 1.82 bits per heavy atom. The minimum absolute atomic E-state index is 0.0868. The molecular weight excluding hydrogens is 573 g/mol. The quantitative estimate of drug-likeness (QED) is 0.239. The second-order valence-electron chi connectivity index (χ2n) is 8.22. The van der Waals surface area contributed by atoms with Crippen LogP contribution < -0.4 is 20.7 Å². The van der Waals surface area contributed by atoms with Crippen molar-refractivity contribution < 1.29 is 31.1 Å². The largest absolute Gasteiger partial charge is 0.505 e. The number of aromatic nitrogens is 2. The molecule has 0 saturated heterocycles. The van der Waals surface area contributed by atoms with Crippen molar-refractivity contribution in [2.75, 3.05) is 16.3 Å². The first-order chi connectivity index (χ1) is 18.2. The molecule has 16 heteroatoms. The predicted molar refractivity (Wildman–Crippen MR) is 143 cm³/mol. The number of rotatable bonds is 8. The van der Waals surface area contributed by atoms with E-state index in [2.05, 4.69) is 15.1 Å². The van der Waals surface area contributed by atoms with E-state index >= 15 is 0 Å². The molecular formula is C23H20FN5O7S3. The number of thiophene rings is 1. The molecule has 0 radical (unpaired) electrons. The van der Waals surface area contributed by atoms with Crippen LogP contribution >= 0.6 is 11.3 Å². The molecule has 0 bridgehead atoms. The van der Waals surface area contributed by atoms with Gasteiger partial charge in [0.15, 0.2) is 11.3 Å². The molecule has 4 rings (SSSR count). The Morgan fingerprint density at radius 3 is 2.41 bits per heavy atom. The summed E-state index contributed by atoms with van der Waals surface area (Å²) in [6, 6.07) is 11.6. The van der Waals surface area contributed by atoms with Gasteiger partial charge in [-0.15, -0.1) is 11.3 Å². The number of benzene rings is 2. The fourth-order valence-electron chi connectivity index (χ4n) is 3.54. The smallest absolute Gasteiger partial charge is 0.283 e. The number of hydrogen-bond donors (Lipinski definition) is 4. The number of sulfonamides is 2. The van der Waals surface area contributed by atoms with Gasteiger partial charge in [-0.1, -0.05) is 18.2 Å². The zero-order valence-electron chi connectivity index (χ0n) is 20.0. The fourth-order valence-corrected chi connectivity index (χ4v) is 5.52. The van der Waals surface area contributed by atoms with Gasteiger partial charge in [0, 0.05) is 5.69 Å². The average molecular weight is 594 g/mol. The number of primary sulfonamides is 1. The number of nitrogens with one attached hydrogen (secondary N) is 2. The van der Waals surface area contributed by atoms with E-state index in [0.29, 0.717) is 10.4 Å². The monoisotopic (exact) mass is 593 g/mol. The van der Waals surface area contributed by atoms with Crippen molar-refractivity contribution in [3.8, 4) is 16.3 Å². The van der Waals surface area contributed by atoms with E-state index in [1.54, 1.807) is 17.5 Å². The van der Waals surface area contributed by atoms with Gasteiger partial charge in [-0.3, -0.25) is 14.3 Å². The molecule has 2 heterocycles. The third kappa shape index (κ3) is 6.48. The molecule has 2 aromatic heterocycles. The first-order valence-electron chi connectivity index (χ1n) is 10.8. The van der Waals surface area contributed by atoms with Crippen LogP contribution in [0.25, 0.3) is 10.6 Å². The number of nitrogens with zero attached hydrogens (tertiary/aromatic N) is 2. The van der Waals surface area contributed by atoms with Gasteiger partial charge in [0.2, 0.25) is 20.0 Å². The number of nitrogens with two attached hydrogens (primary N) is 1. The van der Waals surface area contributed by atoms with Crippen molar-refractivity contribution in [3.63, 3.8) is 0 Å². The lowest BCUT2D eigenvalue weighted by molar-refractivity contribution is 0.102. The molecule has 0 aliphatic carbocycles. The Morgan fingerprint density at radius 1 is 1.13 bits per heavy atom. The Labute approximate surface area is 225 Å².